The topological polar surface area (TPSA) is 115 Å². The molecule has 49 heavy (non-hydrogen) atoms. The maximum absolute atomic E-state index is 13.6. The molecule has 4 rings (SSSR count). The van der Waals surface area contributed by atoms with Gasteiger partial charge in [0.25, 0.3) is 11.8 Å². The monoisotopic (exact) mass is 713 g/mol. The molecule has 1 unspecified atom stereocenters. The quantitative estimate of drug-likeness (QED) is 0.101. The van der Waals surface area contributed by atoms with Crippen molar-refractivity contribution in [1.82, 2.24) is 5.32 Å². The number of thioether (sulfide) groups is 1. The molecule has 0 aliphatic heterocycles. The van der Waals surface area contributed by atoms with Crippen LogP contribution in [0.3, 0.4) is 0 Å². The summed E-state index contributed by atoms with van der Waals surface area (Å²) in [5.74, 6) is -0.596. The standard InChI is InChI=1S/C35H31ClF3N3O6S/c1-20(32(43)41-27-18-23(35(37,38)39)10-15-26(27)36)49-25-13-11-24(12-14-25)40-34(45)28(42-33(44)21-8-6-5-7-9-21)16-22-17-30(47-3)31(48-4)19-29(22)46-2/h5-20H,1-4H3,(H,40,45)(H,41,43)(H,42,44)/b28-16-. The minimum atomic E-state index is -4.60. The molecule has 4 aromatic carbocycles. The Morgan fingerprint density at radius 3 is 2.06 bits per heavy atom. The van der Waals surface area contributed by atoms with Crippen LogP contribution in [0, 0.1) is 0 Å². The average Bonchev–Trinajstić information content (AvgIpc) is 3.09. The Labute approximate surface area is 289 Å². The minimum Gasteiger partial charge on any atom is -0.496 e. The third kappa shape index (κ3) is 9.71. The van der Waals surface area contributed by atoms with Gasteiger partial charge in [0.2, 0.25) is 5.91 Å². The van der Waals surface area contributed by atoms with Crippen molar-refractivity contribution in [3.05, 3.63) is 112 Å². The predicted molar refractivity (Wildman–Crippen MR) is 183 cm³/mol. The molecule has 3 amide bonds. The van der Waals surface area contributed by atoms with Gasteiger partial charge >= 0.3 is 6.18 Å². The van der Waals surface area contributed by atoms with Gasteiger partial charge in [0.1, 0.15) is 11.4 Å². The molecule has 14 heteroatoms. The van der Waals surface area contributed by atoms with Crippen molar-refractivity contribution in [2.24, 2.45) is 0 Å². The van der Waals surface area contributed by atoms with Gasteiger partial charge in [-0.05, 0) is 73.7 Å². The molecule has 0 bridgehead atoms. The highest BCUT2D eigenvalue weighted by Gasteiger charge is 2.31. The highest BCUT2D eigenvalue weighted by Crippen LogP contribution is 2.36. The largest absolute Gasteiger partial charge is 0.496 e. The second-order valence-electron chi connectivity index (χ2n) is 10.2. The Hall–Kier alpha value is -5.14. The predicted octanol–water partition coefficient (Wildman–Crippen LogP) is 7.91. The lowest BCUT2D eigenvalue weighted by atomic mass is 10.1. The maximum Gasteiger partial charge on any atom is 0.416 e. The number of hydrogen-bond acceptors (Lipinski definition) is 7. The van der Waals surface area contributed by atoms with E-state index in [1.807, 2.05) is 0 Å². The van der Waals surface area contributed by atoms with Gasteiger partial charge in [-0.15, -0.1) is 11.8 Å². The molecule has 256 valence electrons. The second kappa shape index (κ2) is 16.3. The Kier molecular flexibility index (Phi) is 12.2. The Balaban J connectivity index is 1.51. The first-order valence-corrected chi connectivity index (χ1v) is 15.7. The lowest BCUT2D eigenvalue weighted by molar-refractivity contribution is -0.137. The van der Waals surface area contributed by atoms with E-state index in [0.717, 1.165) is 30.0 Å². The van der Waals surface area contributed by atoms with Crippen LogP contribution < -0.4 is 30.2 Å². The molecule has 0 saturated heterocycles. The lowest BCUT2D eigenvalue weighted by Crippen LogP contribution is -2.30. The van der Waals surface area contributed by atoms with Gasteiger partial charge in [-0.1, -0.05) is 29.8 Å². The molecule has 9 nitrogen and oxygen atoms in total. The highest BCUT2D eigenvalue weighted by atomic mass is 35.5. The molecule has 4 aromatic rings. The van der Waals surface area contributed by atoms with Crippen molar-refractivity contribution >= 4 is 58.5 Å². The average molecular weight is 714 g/mol. The molecule has 0 saturated carbocycles. The van der Waals surface area contributed by atoms with Crippen molar-refractivity contribution in [2.75, 3.05) is 32.0 Å². The lowest BCUT2D eigenvalue weighted by Gasteiger charge is -2.16. The molecular weight excluding hydrogens is 683 g/mol. The number of anilines is 2. The minimum absolute atomic E-state index is 0.0309. The van der Waals surface area contributed by atoms with E-state index in [1.54, 1.807) is 73.7 Å². The van der Waals surface area contributed by atoms with E-state index in [0.29, 0.717) is 39.0 Å². The Morgan fingerprint density at radius 1 is 0.816 bits per heavy atom. The summed E-state index contributed by atoms with van der Waals surface area (Å²) < 4.78 is 55.6. The molecule has 0 radical (unpaired) electrons. The number of halogens is 4. The molecule has 0 aromatic heterocycles. The van der Waals surface area contributed by atoms with Gasteiger partial charge in [0, 0.05) is 27.8 Å². The summed E-state index contributed by atoms with van der Waals surface area (Å²) in [5.41, 5.74) is -0.0660. The number of methoxy groups -OCH3 is 3. The van der Waals surface area contributed by atoms with E-state index in [-0.39, 0.29) is 16.4 Å². The zero-order valence-electron chi connectivity index (χ0n) is 26.6. The smallest absolute Gasteiger partial charge is 0.416 e. The number of carbonyl (C=O) groups excluding carboxylic acids is 3. The van der Waals surface area contributed by atoms with Crippen LogP contribution in [-0.2, 0) is 15.8 Å². The van der Waals surface area contributed by atoms with Crippen LogP contribution in [0.5, 0.6) is 17.2 Å². The number of nitrogens with one attached hydrogen (secondary N) is 3. The van der Waals surface area contributed by atoms with E-state index < -0.39 is 34.7 Å². The fourth-order valence-electron chi connectivity index (χ4n) is 4.37. The van der Waals surface area contributed by atoms with Crippen LogP contribution in [0.1, 0.15) is 28.4 Å². The first-order valence-electron chi connectivity index (χ1n) is 14.5. The van der Waals surface area contributed by atoms with Crippen LogP contribution in [0.15, 0.2) is 95.5 Å². The van der Waals surface area contributed by atoms with Crippen LogP contribution in [0.2, 0.25) is 5.02 Å². The van der Waals surface area contributed by atoms with Crippen molar-refractivity contribution in [2.45, 2.75) is 23.2 Å². The summed E-state index contributed by atoms with van der Waals surface area (Å²) in [6.45, 7) is 1.59. The zero-order valence-corrected chi connectivity index (χ0v) is 28.2. The highest BCUT2D eigenvalue weighted by molar-refractivity contribution is 8.00. The first-order chi connectivity index (χ1) is 23.3. The number of amides is 3. The first kappa shape index (κ1) is 36.7. The van der Waals surface area contributed by atoms with E-state index in [4.69, 9.17) is 25.8 Å². The summed E-state index contributed by atoms with van der Waals surface area (Å²) in [6, 6.07) is 20.7. The van der Waals surface area contributed by atoms with Gasteiger partial charge in [-0.2, -0.15) is 13.2 Å². The fourth-order valence-corrected chi connectivity index (χ4v) is 5.40. The number of rotatable bonds is 12. The Bertz CT molecular complexity index is 1850. The fraction of sp³-hybridized carbons (Fsp3) is 0.171. The number of alkyl halides is 3. The van der Waals surface area contributed by atoms with Gasteiger partial charge in [-0.25, -0.2) is 0 Å². The molecule has 0 aliphatic carbocycles. The van der Waals surface area contributed by atoms with Crippen molar-refractivity contribution in [1.29, 1.82) is 0 Å². The van der Waals surface area contributed by atoms with Crippen molar-refractivity contribution in [3.63, 3.8) is 0 Å². The third-order valence-corrected chi connectivity index (χ3v) is 8.35. The van der Waals surface area contributed by atoms with Gasteiger partial charge in [0.05, 0.1) is 42.9 Å². The summed E-state index contributed by atoms with van der Waals surface area (Å²) >= 11 is 7.16. The summed E-state index contributed by atoms with van der Waals surface area (Å²) in [5, 5.41) is 7.12. The number of hydrogen-bond donors (Lipinski definition) is 3. The second-order valence-corrected chi connectivity index (χ2v) is 12.1. The molecule has 0 heterocycles. The number of benzene rings is 4. The number of ether oxygens (including phenoxy) is 3. The van der Waals surface area contributed by atoms with Crippen LogP contribution in [0.4, 0.5) is 24.5 Å². The van der Waals surface area contributed by atoms with Gasteiger partial charge in [-0.3, -0.25) is 14.4 Å². The molecule has 1 atom stereocenters. The molecule has 0 fully saturated rings. The van der Waals surface area contributed by atoms with Crippen LogP contribution in [-0.4, -0.2) is 44.3 Å². The summed E-state index contributed by atoms with van der Waals surface area (Å²) in [7, 11) is 4.39. The Morgan fingerprint density at radius 2 is 1.45 bits per heavy atom. The maximum atomic E-state index is 13.6. The van der Waals surface area contributed by atoms with Crippen LogP contribution >= 0.6 is 23.4 Å². The number of carbonyl (C=O) groups is 3. The zero-order chi connectivity index (χ0) is 35.7. The van der Waals surface area contributed by atoms with E-state index >= 15 is 0 Å². The molecule has 0 spiro atoms. The summed E-state index contributed by atoms with van der Waals surface area (Å²) in [4.78, 5) is 40.1. The SMILES string of the molecule is COc1cc(OC)c(OC)cc1/C=C(\NC(=O)c1ccccc1)C(=O)Nc1ccc(SC(C)C(=O)Nc2cc(C(F)(F)F)ccc2Cl)cc1. The van der Waals surface area contributed by atoms with Crippen molar-refractivity contribution < 1.29 is 41.8 Å². The molecular formula is C35H31ClF3N3O6S. The normalized spacial score (nSPS) is 12.0. The van der Waals surface area contributed by atoms with E-state index in [9.17, 15) is 27.6 Å². The van der Waals surface area contributed by atoms with E-state index in [2.05, 4.69) is 16.0 Å². The summed E-state index contributed by atoms with van der Waals surface area (Å²) in [6.07, 6.45) is -3.15. The van der Waals surface area contributed by atoms with Crippen molar-refractivity contribution in [3.8, 4) is 17.2 Å². The molecule has 3 N–H and O–H groups in total. The van der Waals surface area contributed by atoms with E-state index in [1.165, 1.54) is 27.4 Å². The van der Waals surface area contributed by atoms with Gasteiger partial charge < -0.3 is 30.2 Å². The molecule has 0 aliphatic rings. The van der Waals surface area contributed by atoms with Gasteiger partial charge in [0.15, 0.2) is 11.5 Å². The van der Waals surface area contributed by atoms with Crippen LogP contribution in [0.25, 0.3) is 6.08 Å². The third-order valence-electron chi connectivity index (χ3n) is 6.91.